The number of amides is 2. The van der Waals surface area contributed by atoms with E-state index in [1.807, 2.05) is 0 Å². The first-order chi connectivity index (χ1) is 7.91. The fourth-order valence-electron chi connectivity index (χ4n) is 1.65. The average molecular weight is 235 g/mol. The first-order valence-electron chi connectivity index (χ1n) is 5.10. The lowest BCUT2D eigenvalue weighted by atomic mass is 9.99. The lowest BCUT2D eigenvalue weighted by Crippen LogP contribution is -2.64. The zero-order valence-electron chi connectivity index (χ0n) is 9.60. The minimum absolute atomic E-state index is 0.0525. The van der Waals surface area contributed by atoms with E-state index in [2.05, 4.69) is 15.3 Å². The van der Waals surface area contributed by atoms with Crippen LogP contribution in [0, 0.1) is 0 Å². The molecule has 0 aliphatic carbocycles. The number of carbonyl (C=O) groups excluding carboxylic acids is 2. The van der Waals surface area contributed by atoms with E-state index in [9.17, 15) is 9.59 Å². The van der Waals surface area contributed by atoms with E-state index in [1.54, 1.807) is 18.7 Å². The first kappa shape index (κ1) is 11.3. The van der Waals surface area contributed by atoms with Gasteiger partial charge in [0.2, 0.25) is 5.91 Å². The van der Waals surface area contributed by atoms with Crippen LogP contribution in [0.4, 0.5) is 11.6 Å². The van der Waals surface area contributed by atoms with Crippen LogP contribution >= 0.6 is 0 Å². The number of nitrogens with one attached hydrogen (secondary N) is 1. The standard InChI is InChI=1S/C10H13N5O2/c1-10(2)9(17)14-8(16)5-15(10)7-4-12-3-6(11)13-7/h3-4H,5H2,1-2H3,(H2,11,13)(H,14,16,17). The Hall–Kier alpha value is -2.18. The maximum atomic E-state index is 11.7. The highest BCUT2D eigenvalue weighted by molar-refractivity contribution is 6.06. The molecule has 2 rings (SSSR count). The molecular weight excluding hydrogens is 222 g/mol. The summed E-state index contributed by atoms with van der Waals surface area (Å²) < 4.78 is 0. The van der Waals surface area contributed by atoms with Crippen molar-refractivity contribution in [3.05, 3.63) is 12.4 Å². The number of nitrogens with two attached hydrogens (primary N) is 1. The van der Waals surface area contributed by atoms with Gasteiger partial charge in [-0.2, -0.15) is 0 Å². The van der Waals surface area contributed by atoms with Gasteiger partial charge < -0.3 is 10.6 Å². The Morgan fingerprint density at radius 1 is 1.41 bits per heavy atom. The van der Waals surface area contributed by atoms with Crippen molar-refractivity contribution >= 4 is 23.5 Å². The van der Waals surface area contributed by atoms with Crippen molar-refractivity contribution in [1.82, 2.24) is 15.3 Å². The topological polar surface area (TPSA) is 101 Å². The molecule has 3 N–H and O–H groups in total. The fraction of sp³-hybridized carbons (Fsp3) is 0.400. The molecule has 0 aromatic carbocycles. The Balaban J connectivity index is 2.42. The molecular formula is C10H13N5O2. The number of piperazine rings is 1. The van der Waals surface area contributed by atoms with Gasteiger partial charge >= 0.3 is 0 Å². The van der Waals surface area contributed by atoms with Gasteiger partial charge in [0, 0.05) is 0 Å². The summed E-state index contributed by atoms with van der Waals surface area (Å²) in [4.78, 5) is 32.7. The Morgan fingerprint density at radius 2 is 2.12 bits per heavy atom. The third kappa shape index (κ3) is 1.91. The van der Waals surface area contributed by atoms with Crippen LogP contribution in [0.5, 0.6) is 0 Å². The van der Waals surface area contributed by atoms with Crippen LogP contribution in [0.3, 0.4) is 0 Å². The summed E-state index contributed by atoms with van der Waals surface area (Å²) in [6.45, 7) is 3.47. The van der Waals surface area contributed by atoms with Crippen molar-refractivity contribution < 1.29 is 9.59 Å². The molecule has 17 heavy (non-hydrogen) atoms. The van der Waals surface area contributed by atoms with Crippen LogP contribution < -0.4 is 16.0 Å². The number of hydrogen-bond acceptors (Lipinski definition) is 6. The van der Waals surface area contributed by atoms with E-state index >= 15 is 0 Å². The maximum absolute atomic E-state index is 11.7. The third-order valence-corrected chi connectivity index (χ3v) is 2.70. The van der Waals surface area contributed by atoms with Gasteiger partial charge in [0.05, 0.1) is 18.9 Å². The molecule has 0 unspecified atom stereocenters. The molecule has 0 spiro atoms. The van der Waals surface area contributed by atoms with Crippen LogP contribution in [-0.4, -0.2) is 33.9 Å². The van der Waals surface area contributed by atoms with Gasteiger partial charge in [-0.15, -0.1) is 0 Å². The highest BCUT2D eigenvalue weighted by Gasteiger charge is 2.41. The Bertz CT molecular complexity index is 485. The summed E-state index contributed by atoms with van der Waals surface area (Å²) in [6, 6.07) is 0. The van der Waals surface area contributed by atoms with Gasteiger partial charge in [-0.25, -0.2) is 4.98 Å². The minimum Gasteiger partial charge on any atom is -0.382 e. The molecule has 2 amide bonds. The molecule has 1 fully saturated rings. The summed E-state index contributed by atoms with van der Waals surface area (Å²) >= 11 is 0. The van der Waals surface area contributed by atoms with Crippen molar-refractivity contribution in [2.75, 3.05) is 17.2 Å². The van der Waals surface area contributed by atoms with Gasteiger partial charge in [-0.3, -0.25) is 19.9 Å². The second kappa shape index (κ2) is 3.69. The Kier molecular flexibility index (Phi) is 2.45. The van der Waals surface area contributed by atoms with Crippen molar-refractivity contribution in [2.24, 2.45) is 0 Å². The van der Waals surface area contributed by atoms with E-state index in [4.69, 9.17) is 5.73 Å². The van der Waals surface area contributed by atoms with E-state index in [-0.39, 0.29) is 24.2 Å². The van der Waals surface area contributed by atoms with Crippen LogP contribution in [0.15, 0.2) is 12.4 Å². The highest BCUT2D eigenvalue weighted by Crippen LogP contribution is 2.24. The van der Waals surface area contributed by atoms with Gasteiger partial charge in [0.25, 0.3) is 5.91 Å². The molecule has 90 valence electrons. The molecule has 0 bridgehead atoms. The van der Waals surface area contributed by atoms with Gasteiger partial charge in [-0.05, 0) is 13.8 Å². The van der Waals surface area contributed by atoms with Gasteiger partial charge in [0.1, 0.15) is 11.4 Å². The molecule has 0 saturated carbocycles. The number of hydrogen-bond donors (Lipinski definition) is 2. The summed E-state index contributed by atoms with van der Waals surface area (Å²) in [5.41, 5.74) is 4.67. The molecule has 0 radical (unpaired) electrons. The van der Waals surface area contributed by atoms with E-state index in [0.717, 1.165) is 0 Å². The van der Waals surface area contributed by atoms with E-state index in [0.29, 0.717) is 5.82 Å². The maximum Gasteiger partial charge on any atom is 0.251 e. The third-order valence-electron chi connectivity index (χ3n) is 2.70. The van der Waals surface area contributed by atoms with Gasteiger partial charge in [0.15, 0.2) is 5.82 Å². The van der Waals surface area contributed by atoms with Crippen LogP contribution in [0.1, 0.15) is 13.8 Å². The van der Waals surface area contributed by atoms with Crippen LogP contribution in [0.25, 0.3) is 0 Å². The van der Waals surface area contributed by atoms with Crippen molar-refractivity contribution in [2.45, 2.75) is 19.4 Å². The molecule has 1 aromatic rings. The first-order valence-corrected chi connectivity index (χ1v) is 5.10. The number of nitrogens with zero attached hydrogens (tertiary/aromatic N) is 3. The summed E-state index contributed by atoms with van der Waals surface area (Å²) in [5, 5.41) is 2.28. The zero-order valence-corrected chi connectivity index (χ0v) is 9.60. The molecule has 7 heteroatoms. The molecule has 1 saturated heterocycles. The SMILES string of the molecule is CC1(C)C(=O)NC(=O)CN1c1cncc(N)n1. The second-order valence-electron chi connectivity index (χ2n) is 4.32. The number of aromatic nitrogens is 2. The van der Waals surface area contributed by atoms with Crippen molar-refractivity contribution in [3.63, 3.8) is 0 Å². The molecule has 7 nitrogen and oxygen atoms in total. The van der Waals surface area contributed by atoms with E-state index in [1.165, 1.54) is 12.4 Å². The average Bonchev–Trinajstić information content (AvgIpc) is 2.24. The number of nitrogen functional groups attached to an aromatic ring is 1. The Labute approximate surface area is 98.0 Å². The smallest absolute Gasteiger partial charge is 0.251 e. The van der Waals surface area contributed by atoms with E-state index < -0.39 is 5.54 Å². The fourth-order valence-corrected chi connectivity index (χ4v) is 1.65. The number of carbonyl (C=O) groups is 2. The monoisotopic (exact) mass is 235 g/mol. The number of imide groups is 1. The molecule has 1 aliphatic rings. The molecule has 2 heterocycles. The summed E-state index contributed by atoms with van der Waals surface area (Å²) in [6.07, 6.45) is 2.88. The highest BCUT2D eigenvalue weighted by atomic mass is 16.2. The molecule has 0 atom stereocenters. The summed E-state index contributed by atoms with van der Waals surface area (Å²) in [5.74, 6) is -0.0635. The van der Waals surface area contributed by atoms with Crippen molar-refractivity contribution in [3.8, 4) is 0 Å². The number of rotatable bonds is 1. The lowest BCUT2D eigenvalue weighted by Gasteiger charge is -2.40. The predicted octanol–water partition coefficient (Wildman–Crippen LogP) is -0.700. The molecule has 1 aromatic heterocycles. The van der Waals surface area contributed by atoms with Crippen LogP contribution in [-0.2, 0) is 9.59 Å². The van der Waals surface area contributed by atoms with Gasteiger partial charge in [-0.1, -0.05) is 0 Å². The molecule has 1 aliphatic heterocycles. The zero-order chi connectivity index (χ0) is 12.6. The number of anilines is 2. The predicted molar refractivity (Wildman–Crippen MR) is 61.0 cm³/mol. The van der Waals surface area contributed by atoms with Crippen LogP contribution in [0.2, 0.25) is 0 Å². The normalized spacial score (nSPS) is 19.1. The largest absolute Gasteiger partial charge is 0.382 e. The lowest BCUT2D eigenvalue weighted by molar-refractivity contribution is -0.135. The van der Waals surface area contributed by atoms with Crippen molar-refractivity contribution in [1.29, 1.82) is 0 Å². The summed E-state index contributed by atoms with van der Waals surface area (Å²) in [7, 11) is 0. The Morgan fingerprint density at radius 3 is 2.76 bits per heavy atom. The quantitative estimate of drug-likeness (QED) is 0.624. The second-order valence-corrected chi connectivity index (χ2v) is 4.32. The minimum atomic E-state index is -0.865.